The highest BCUT2D eigenvalue weighted by Crippen LogP contribution is 2.07. The summed E-state index contributed by atoms with van der Waals surface area (Å²) < 4.78 is 3.32. The molecule has 0 atom stereocenters. The highest BCUT2D eigenvalue weighted by atomic mass is 127. The van der Waals surface area contributed by atoms with E-state index in [9.17, 15) is 0 Å². The maximum absolute atomic E-state index is 4.15. The maximum atomic E-state index is 4.15. The normalized spacial score (nSPS) is 10.9. The topological polar surface area (TPSA) is 30.7 Å². The smallest absolute Gasteiger partial charge is 0.0725 e. The Morgan fingerprint density at radius 1 is 1.19 bits per heavy atom. The van der Waals surface area contributed by atoms with Gasteiger partial charge in [0.25, 0.3) is 0 Å². The van der Waals surface area contributed by atoms with Crippen LogP contribution in [-0.2, 0) is 13.0 Å². The van der Waals surface area contributed by atoms with E-state index in [1.165, 1.54) is 48.6 Å². The molecule has 0 aliphatic heterocycles. The maximum Gasteiger partial charge on any atom is 0.0725 e. The first-order chi connectivity index (χ1) is 7.88. The Kier molecular flexibility index (Phi) is 7.80. The monoisotopic (exact) mass is 335 g/mol. The lowest BCUT2D eigenvalue weighted by Crippen LogP contribution is -2.05. The van der Waals surface area contributed by atoms with Crippen LogP contribution >= 0.6 is 22.6 Å². The lowest BCUT2D eigenvalue weighted by atomic mass is 10.1. The van der Waals surface area contributed by atoms with Crippen molar-refractivity contribution in [1.29, 1.82) is 0 Å². The van der Waals surface area contributed by atoms with Gasteiger partial charge in [0.1, 0.15) is 0 Å². The molecule has 0 spiro atoms. The third-order valence-electron chi connectivity index (χ3n) is 2.74. The predicted octanol–water partition coefficient (Wildman–Crippen LogP) is 3.62. The van der Waals surface area contributed by atoms with Crippen LogP contribution in [0.25, 0.3) is 0 Å². The van der Waals surface area contributed by atoms with Crippen LogP contribution in [0.3, 0.4) is 0 Å². The van der Waals surface area contributed by atoms with Crippen LogP contribution in [0, 0.1) is 0 Å². The van der Waals surface area contributed by atoms with Gasteiger partial charge in [0, 0.05) is 6.54 Å². The van der Waals surface area contributed by atoms with Gasteiger partial charge in [0.15, 0.2) is 0 Å². The van der Waals surface area contributed by atoms with Crippen LogP contribution in [-0.4, -0.2) is 19.4 Å². The number of aryl methyl sites for hydroxylation is 2. The summed E-state index contributed by atoms with van der Waals surface area (Å²) in [7, 11) is 0. The van der Waals surface area contributed by atoms with Gasteiger partial charge < -0.3 is 0 Å². The summed E-state index contributed by atoms with van der Waals surface area (Å²) >= 11 is 2.42. The van der Waals surface area contributed by atoms with Crippen LogP contribution in [0.1, 0.15) is 51.1 Å². The molecule has 3 nitrogen and oxygen atoms in total. The zero-order chi connectivity index (χ0) is 11.6. The first-order valence-electron chi connectivity index (χ1n) is 6.31. The summed E-state index contributed by atoms with van der Waals surface area (Å²) in [6, 6.07) is 0. The second-order valence-electron chi connectivity index (χ2n) is 4.16. The van der Waals surface area contributed by atoms with Gasteiger partial charge in [0.2, 0.25) is 0 Å². The number of alkyl halides is 1. The fourth-order valence-electron chi connectivity index (χ4n) is 1.75. The number of aromatic nitrogens is 3. The average molecular weight is 335 g/mol. The molecule has 0 radical (unpaired) electrons. The van der Waals surface area contributed by atoms with E-state index in [0.29, 0.717) is 0 Å². The van der Waals surface area contributed by atoms with Crippen molar-refractivity contribution in [3.05, 3.63) is 11.9 Å². The Bertz CT molecular complexity index is 273. The molecule has 1 heterocycles. The average Bonchev–Trinajstić information content (AvgIpc) is 2.73. The van der Waals surface area contributed by atoms with Gasteiger partial charge in [-0.1, -0.05) is 54.0 Å². The van der Waals surface area contributed by atoms with E-state index >= 15 is 0 Å². The number of unbranched alkanes of at least 4 members (excludes halogenated alkanes) is 4. The molecular formula is C12H22IN3. The Morgan fingerprint density at radius 2 is 2.06 bits per heavy atom. The second-order valence-corrected chi connectivity index (χ2v) is 5.23. The molecule has 0 unspecified atom stereocenters. The zero-order valence-electron chi connectivity index (χ0n) is 10.2. The Morgan fingerprint density at radius 3 is 2.81 bits per heavy atom. The highest BCUT2D eigenvalue weighted by molar-refractivity contribution is 14.1. The van der Waals surface area contributed by atoms with Crippen molar-refractivity contribution in [2.75, 3.05) is 4.43 Å². The molecule has 16 heavy (non-hydrogen) atoms. The Labute approximate surface area is 112 Å². The molecule has 0 saturated carbocycles. The van der Waals surface area contributed by atoms with E-state index in [1.54, 1.807) is 0 Å². The fraction of sp³-hybridized carbons (Fsp3) is 0.833. The van der Waals surface area contributed by atoms with Crippen LogP contribution in [0.15, 0.2) is 6.20 Å². The summed E-state index contributed by atoms with van der Waals surface area (Å²) in [5.74, 6) is 0. The molecule has 0 N–H and O–H groups in total. The second kappa shape index (κ2) is 8.96. The van der Waals surface area contributed by atoms with Crippen molar-refractivity contribution in [2.45, 2.75) is 58.4 Å². The molecule has 1 rings (SSSR count). The highest BCUT2D eigenvalue weighted by Gasteiger charge is 2.02. The van der Waals surface area contributed by atoms with Crippen molar-refractivity contribution < 1.29 is 0 Å². The van der Waals surface area contributed by atoms with Crippen LogP contribution in [0.5, 0.6) is 0 Å². The molecule has 0 fully saturated rings. The third kappa shape index (κ3) is 5.27. The van der Waals surface area contributed by atoms with Crippen LogP contribution < -0.4 is 0 Å². The van der Waals surface area contributed by atoms with E-state index in [-0.39, 0.29) is 0 Å². The molecule has 0 saturated heterocycles. The molecule has 0 bridgehead atoms. The van der Waals surface area contributed by atoms with Gasteiger partial charge in [-0.2, -0.15) is 0 Å². The minimum Gasteiger partial charge on any atom is -0.249 e. The molecule has 1 aromatic heterocycles. The van der Waals surface area contributed by atoms with Crippen molar-refractivity contribution in [1.82, 2.24) is 15.0 Å². The lowest BCUT2D eigenvalue weighted by molar-refractivity contribution is 0.526. The van der Waals surface area contributed by atoms with E-state index in [2.05, 4.69) is 44.5 Å². The molecule has 4 heteroatoms. The minimum absolute atomic E-state index is 1.03. The number of rotatable bonds is 9. The van der Waals surface area contributed by atoms with E-state index in [4.69, 9.17) is 0 Å². The zero-order valence-corrected chi connectivity index (χ0v) is 12.3. The summed E-state index contributed by atoms with van der Waals surface area (Å²) in [6.45, 7) is 3.28. The minimum atomic E-state index is 1.03. The largest absolute Gasteiger partial charge is 0.249 e. The van der Waals surface area contributed by atoms with Gasteiger partial charge >= 0.3 is 0 Å². The third-order valence-corrected chi connectivity index (χ3v) is 3.50. The van der Waals surface area contributed by atoms with Gasteiger partial charge in [-0.15, -0.1) is 5.10 Å². The quantitative estimate of drug-likeness (QED) is 0.392. The first-order valence-corrected chi connectivity index (χ1v) is 7.84. The Hall–Kier alpha value is -0.130. The van der Waals surface area contributed by atoms with E-state index in [0.717, 1.165) is 13.0 Å². The lowest BCUT2D eigenvalue weighted by Gasteiger charge is -2.05. The van der Waals surface area contributed by atoms with Gasteiger partial charge in [-0.25, -0.2) is 4.68 Å². The fourth-order valence-corrected chi connectivity index (χ4v) is 2.29. The van der Waals surface area contributed by atoms with Crippen molar-refractivity contribution in [3.8, 4) is 0 Å². The molecule has 0 aliphatic carbocycles. The van der Waals surface area contributed by atoms with Crippen LogP contribution in [0.2, 0.25) is 0 Å². The van der Waals surface area contributed by atoms with E-state index in [1.807, 2.05) is 6.20 Å². The number of nitrogens with zero attached hydrogens (tertiary/aromatic N) is 3. The molecule has 92 valence electrons. The summed E-state index contributed by atoms with van der Waals surface area (Å²) in [4.78, 5) is 0. The summed E-state index contributed by atoms with van der Waals surface area (Å²) in [5, 5.41) is 8.16. The summed E-state index contributed by atoms with van der Waals surface area (Å²) in [5.41, 5.74) is 1.31. The Balaban J connectivity index is 2.26. The molecular weight excluding hydrogens is 313 g/mol. The van der Waals surface area contributed by atoms with Crippen molar-refractivity contribution in [3.63, 3.8) is 0 Å². The SMILES string of the molecule is CCCCCCc1cnnn1CCCCI. The predicted molar refractivity (Wildman–Crippen MR) is 76.0 cm³/mol. The van der Waals surface area contributed by atoms with Crippen LogP contribution in [0.4, 0.5) is 0 Å². The van der Waals surface area contributed by atoms with Crippen molar-refractivity contribution in [2.24, 2.45) is 0 Å². The van der Waals surface area contributed by atoms with Gasteiger partial charge in [0.05, 0.1) is 11.9 Å². The summed E-state index contributed by atoms with van der Waals surface area (Å²) in [6.07, 6.45) is 10.8. The molecule has 0 aromatic carbocycles. The van der Waals surface area contributed by atoms with Crippen molar-refractivity contribution >= 4 is 22.6 Å². The molecule has 0 aliphatic rings. The first kappa shape index (κ1) is 13.9. The molecule has 1 aromatic rings. The molecule has 0 amide bonds. The number of hydrogen-bond donors (Lipinski definition) is 0. The number of halogens is 1. The van der Waals surface area contributed by atoms with Gasteiger partial charge in [-0.3, -0.25) is 0 Å². The van der Waals surface area contributed by atoms with E-state index < -0.39 is 0 Å². The van der Waals surface area contributed by atoms with Gasteiger partial charge in [-0.05, 0) is 30.1 Å². The number of hydrogen-bond acceptors (Lipinski definition) is 2. The standard InChI is InChI=1S/C12H22IN3/c1-2-3-4-5-8-12-11-14-15-16(12)10-7-6-9-13/h11H,2-10H2,1H3.